The van der Waals surface area contributed by atoms with Gasteiger partial charge < -0.3 is 4.42 Å². The maximum Gasteiger partial charge on any atom is 0.198 e. The van der Waals surface area contributed by atoms with Gasteiger partial charge in [-0.05, 0) is 24.5 Å². The molecule has 14 heavy (non-hydrogen) atoms. The van der Waals surface area contributed by atoms with Crippen LogP contribution in [0.25, 0.3) is 0 Å². The zero-order valence-electron chi connectivity index (χ0n) is 9.17. The molecule has 0 aliphatic carbocycles. The average molecular weight is 194 g/mol. The molecule has 0 N–H and O–H groups in total. The molecule has 0 radical (unpaired) electrons. The van der Waals surface area contributed by atoms with Crippen molar-refractivity contribution < 1.29 is 9.21 Å². The van der Waals surface area contributed by atoms with E-state index >= 15 is 0 Å². The first-order chi connectivity index (χ1) is 6.63. The molecule has 0 fully saturated rings. The highest BCUT2D eigenvalue weighted by atomic mass is 16.3. The van der Waals surface area contributed by atoms with Crippen molar-refractivity contribution in [2.24, 2.45) is 5.92 Å². The molecule has 1 aromatic rings. The second-order valence-corrected chi connectivity index (χ2v) is 3.98. The summed E-state index contributed by atoms with van der Waals surface area (Å²) in [6.07, 6.45) is 2.37. The minimum Gasteiger partial charge on any atom is -0.458 e. The Kier molecular flexibility index (Phi) is 3.93. The van der Waals surface area contributed by atoms with E-state index < -0.39 is 0 Å². The third-order valence-electron chi connectivity index (χ3n) is 2.23. The second kappa shape index (κ2) is 4.99. The molecule has 1 rings (SSSR count). The van der Waals surface area contributed by atoms with Crippen LogP contribution >= 0.6 is 0 Å². The van der Waals surface area contributed by atoms with E-state index in [9.17, 15) is 4.79 Å². The molecule has 0 amide bonds. The maximum absolute atomic E-state index is 11.6. The second-order valence-electron chi connectivity index (χ2n) is 3.98. The number of rotatable bonds is 5. The van der Waals surface area contributed by atoms with Crippen LogP contribution in [0, 0.1) is 5.92 Å². The standard InChI is InChI=1S/C12H18O2/c1-4-10-6-8-12(14-10)11(13)7-5-9(2)3/h6,8-9H,4-5,7H2,1-3H3. The highest BCUT2D eigenvalue weighted by Crippen LogP contribution is 2.13. The van der Waals surface area contributed by atoms with Gasteiger partial charge in [0.15, 0.2) is 11.5 Å². The van der Waals surface area contributed by atoms with Crippen molar-refractivity contribution in [2.75, 3.05) is 0 Å². The van der Waals surface area contributed by atoms with Crippen LogP contribution in [0.1, 0.15) is 49.9 Å². The summed E-state index contributed by atoms with van der Waals surface area (Å²) in [7, 11) is 0. The lowest BCUT2D eigenvalue weighted by Crippen LogP contribution is -1.99. The monoisotopic (exact) mass is 194 g/mol. The molecule has 0 saturated carbocycles. The highest BCUT2D eigenvalue weighted by molar-refractivity contribution is 5.93. The lowest BCUT2D eigenvalue weighted by Gasteiger charge is -2.01. The van der Waals surface area contributed by atoms with E-state index in [1.807, 2.05) is 13.0 Å². The van der Waals surface area contributed by atoms with Gasteiger partial charge in [-0.15, -0.1) is 0 Å². The van der Waals surface area contributed by atoms with Gasteiger partial charge in [-0.3, -0.25) is 4.79 Å². The molecule has 1 aromatic heterocycles. The summed E-state index contributed by atoms with van der Waals surface area (Å²) in [5, 5.41) is 0. The number of aryl methyl sites for hydroxylation is 1. The van der Waals surface area contributed by atoms with Gasteiger partial charge in [0.25, 0.3) is 0 Å². The Hall–Kier alpha value is -1.05. The molecule has 2 heteroatoms. The zero-order chi connectivity index (χ0) is 10.6. The van der Waals surface area contributed by atoms with Crippen molar-refractivity contribution in [3.8, 4) is 0 Å². The van der Waals surface area contributed by atoms with Crippen molar-refractivity contribution in [1.29, 1.82) is 0 Å². The van der Waals surface area contributed by atoms with Gasteiger partial charge in [-0.2, -0.15) is 0 Å². The van der Waals surface area contributed by atoms with Gasteiger partial charge in [0.05, 0.1) is 0 Å². The van der Waals surface area contributed by atoms with Crippen LogP contribution < -0.4 is 0 Å². The van der Waals surface area contributed by atoms with E-state index in [1.54, 1.807) is 6.07 Å². The lowest BCUT2D eigenvalue weighted by molar-refractivity contribution is 0.0947. The number of furan rings is 1. The summed E-state index contributed by atoms with van der Waals surface area (Å²) in [5.74, 6) is 2.10. The van der Waals surface area contributed by atoms with Crippen LogP contribution in [-0.4, -0.2) is 5.78 Å². The molecular formula is C12H18O2. The molecule has 0 spiro atoms. The predicted octanol–water partition coefficient (Wildman–Crippen LogP) is 3.46. The highest BCUT2D eigenvalue weighted by Gasteiger charge is 2.10. The number of hydrogen-bond acceptors (Lipinski definition) is 2. The van der Waals surface area contributed by atoms with E-state index in [2.05, 4.69) is 13.8 Å². The molecule has 0 aliphatic heterocycles. The summed E-state index contributed by atoms with van der Waals surface area (Å²) >= 11 is 0. The SMILES string of the molecule is CCc1ccc(C(=O)CCC(C)C)o1. The van der Waals surface area contributed by atoms with Crippen LogP contribution in [0.2, 0.25) is 0 Å². The van der Waals surface area contributed by atoms with E-state index in [0.29, 0.717) is 18.1 Å². The number of hydrogen-bond donors (Lipinski definition) is 0. The molecule has 0 bridgehead atoms. The van der Waals surface area contributed by atoms with E-state index in [-0.39, 0.29) is 5.78 Å². The van der Waals surface area contributed by atoms with Crippen molar-refractivity contribution in [2.45, 2.75) is 40.0 Å². The van der Waals surface area contributed by atoms with Gasteiger partial charge in [0, 0.05) is 12.8 Å². The third kappa shape index (κ3) is 3.02. The van der Waals surface area contributed by atoms with Gasteiger partial charge in [0.1, 0.15) is 5.76 Å². The van der Waals surface area contributed by atoms with E-state index in [0.717, 1.165) is 18.6 Å². The minimum atomic E-state index is 0.124. The maximum atomic E-state index is 11.6. The quantitative estimate of drug-likeness (QED) is 0.672. The first-order valence-corrected chi connectivity index (χ1v) is 5.25. The first kappa shape index (κ1) is 11.0. The van der Waals surface area contributed by atoms with Crippen molar-refractivity contribution in [3.63, 3.8) is 0 Å². The first-order valence-electron chi connectivity index (χ1n) is 5.25. The lowest BCUT2D eigenvalue weighted by atomic mass is 10.1. The molecule has 0 aliphatic rings. The fourth-order valence-corrected chi connectivity index (χ4v) is 1.26. The van der Waals surface area contributed by atoms with Gasteiger partial charge in [-0.1, -0.05) is 20.8 Å². The van der Waals surface area contributed by atoms with E-state index in [1.165, 1.54) is 0 Å². The van der Waals surface area contributed by atoms with Crippen LogP contribution in [0.5, 0.6) is 0 Å². The zero-order valence-corrected chi connectivity index (χ0v) is 9.17. The fraction of sp³-hybridized carbons (Fsp3) is 0.583. The van der Waals surface area contributed by atoms with Gasteiger partial charge in [-0.25, -0.2) is 0 Å². The van der Waals surface area contributed by atoms with Gasteiger partial charge in [0.2, 0.25) is 0 Å². The average Bonchev–Trinajstić information content (AvgIpc) is 2.62. The third-order valence-corrected chi connectivity index (χ3v) is 2.23. The molecule has 78 valence electrons. The van der Waals surface area contributed by atoms with Crippen LogP contribution in [0.3, 0.4) is 0 Å². The Morgan fingerprint density at radius 2 is 2.14 bits per heavy atom. The summed E-state index contributed by atoms with van der Waals surface area (Å²) in [4.78, 5) is 11.6. The number of carbonyl (C=O) groups excluding carboxylic acids is 1. The number of ketones is 1. The molecule has 2 nitrogen and oxygen atoms in total. The normalized spacial score (nSPS) is 10.9. The van der Waals surface area contributed by atoms with Crippen molar-refractivity contribution >= 4 is 5.78 Å². The van der Waals surface area contributed by atoms with Crippen LogP contribution in [0.4, 0.5) is 0 Å². The Balaban J connectivity index is 2.52. The van der Waals surface area contributed by atoms with Crippen LogP contribution in [0.15, 0.2) is 16.5 Å². The topological polar surface area (TPSA) is 30.2 Å². The van der Waals surface area contributed by atoms with E-state index in [4.69, 9.17) is 4.42 Å². The molecule has 0 atom stereocenters. The molecule has 0 saturated heterocycles. The smallest absolute Gasteiger partial charge is 0.198 e. The van der Waals surface area contributed by atoms with Crippen LogP contribution in [-0.2, 0) is 6.42 Å². The molecule has 1 heterocycles. The molecule has 0 unspecified atom stereocenters. The van der Waals surface area contributed by atoms with Crippen molar-refractivity contribution in [1.82, 2.24) is 0 Å². The summed E-state index contributed by atoms with van der Waals surface area (Å²) < 4.78 is 5.38. The Morgan fingerprint density at radius 3 is 2.64 bits per heavy atom. The minimum absolute atomic E-state index is 0.124. The Labute approximate surface area is 85.3 Å². The van der Waals surface area contributed by atoms with Gasteiger partial charge >= 0.3 is 0 Å². The Morgan fingerprint density at radius 1 is 1.43 bits per heavy atom. The number of carbonyl (C=O) groups is 1. The molecular weight excluding hydrogens is 176 g/mol. The molecule has 0 aromatic carbocycles. The predicted molar refractivity (Wildman–Crippen MR) is 56.5 cm³/mol. The van der Waals surface area contributed by atoms with Crippen molar-refractivity contribution in [3.05, 3.63) is 23.7 Å². The largest absolute Gasteiger partial charge is 0.458 e. The summed E-state index contributed by atoms with van der Waals surface area (Å²) in [5.41, 5.74) is 0. The fourth-order valence-electron chi connectivity index (χ4n) is 1.26. The summed E-state index contributed by atoms with van der Waals surface area (Å²) in [6.45, 7) is 6.25. The Bertz CT molecular complexity index is 297. The summed E-state index contributed by atoms with van der Waals surface area (Å²) in [6, 6.07) is 3.66. The number of Topliss-reactive ketones (excluding diaryl/α,β-unsaturated/α-hetero) is 1.